The van der Waals surface area contributed by atoms with Gasteiger partial charge in [0.25, 0.3) is 0 Å². The van der Waals surface area contributed by atoms with Crippen LogP contribution < -0.4 is 10.2 Å². The summed E-state index contributed by atoms with van der Waals surface area (Å²) < 4.78 is 37.3. The van der Waals surface area contributed by atoms with E-state index >= 15 is 0 Å². The molecule has 0 saturated carbocycles. The predicted octanol–water partition coefficient (Wildman–Crippen LogP) is 4.52. The summed E-state index contributed by atoms with van der Waals surface area (Å²) in [5.74, 6) is -1.54. The van der Waals surface area contributed by atoms with E-state index in [1.54, 1.807) is 24.0 Å². The van der Waals surface area contributed by atoms with Crippen LogP contribution in [-0.2, 0) is 14.3 Å². The van der Waals surface area contributed by atoms with Crippen LogP contribution in [0.15, 0.2) is 53.7 Å². The highest BCUT2D eigenvalue weighted by Gasteiger charge is 2.35. The van der Waals surface area contributed by atoms with E-state index < -0.39 is 23.6 Å². The molecular formula is C21H19ClF2N2O3S. The molecule has 2 aromatic carbocycles. The summed E-state index contributed by atoms with van der Waals surface area (Å²) in [7, 11) is 1.50. The molecule has 0 spiro atoms. The summed E-state index contributed by atoms with van der Waals surface area (Å²) in [6.45, 7) is 2.01. The van der Waals surface area contributed by atoms with Crippen molar-refractivity contribution in [3.63, 3.8) is 0 Å². The van der Waals surface area contributed by atoms with Gasteiger partial charge in [0.1, 0.15) is 18.2 Å². The van der Waals surface area contributed by atoms with Crippen molar-refractivity contribution in [2.75, 3.05) is 25.2 Å². The monoisotopic (exact) mass is 452 g/mol. The van der Waals surface area contributed by atoms with E-state index in [0.717, 1.165) is 0 Å². The maximum atomic E-state index is 13.6. The molecule has 5 nitrogen and oxygen atoms in total. The Bertz CT molecular complexity index is 998. The number of methoxy groups -OCH3 is 1. The van der Waals surface area contributed by atoms with Gasteiger partial charge in [0, 0.05) is 18.5 Å². The second kappa shape index (κ2) is 9.51. The quantitative estimate of drug-likeness (QED) is 0.395. The number of hydrogen-bond acceptors (Lipinski definition) is 4. The molecule has 0 amide bonds. The average Bonchev–Trinajstić information content (AvgIpc) is 2.71. The van der Waals surface area contributed by atoms with Gasteiger partial charge in [0.15, 0.2) is 5.11 Å². The van der Waals surface area contributed by atoms with Gasteiger partial charge in [-0.2, -0.15) is 0 Å². The number of carbonyl (C=O) groups is 1. The number of nitrogens with one attached hydrogen (secondary N) is 1. The van der Waals surface area contributed by atoms with Crippen molar-refractivity contribution in [2.24, 2.45) is 0 Å². The number of rotatable bonds is 6. The lowest BCUT2D eigenvalue weighted by atomic mass is 9.94. The molecule has 1 aliphatic rings. The van der Waals surface area contributed by atoms with Crippen LogP contribution in [0.3, 0.4) is 0 Å². The molecule has 3 rings (SSSR count). The van der Waals surface area contributed by atoms with Crippen LogP contribution in [0.1, 0.15) is 18.5 Å². The molecule has 0 radical (unpaired) electrons. The highest BCUT2D eigenvalue weighted by atomic mass is 35.5. The van der Waals surface area contributed by atoms with Crippen LogP contribution in [0.2, 0.25) is 5.02 Å². The highest BCUT2D eigenvalue weighted by Crippen LogP contribution is 2.35. The van der Waals surface area contributed by atoms with Crippen molar-refractivity contribution in [3.8, 4) is 0 Å². The number of allylic oxidation sites excluding steroid dienone is 1. The molecule has 1 N–H and O–H groups in total. The first-order chi connectivity index (χ1) is 14.3. The lowest BCUT2D eigenvalue weighted by molar-refractivity contribution is -0.140. The lowest BCUT2D eigenvalue weighted by Gasteiger charge is -2.37. The van der Waals surface area contributed by atoms with Crippen molar-refractivity contribution in [2.45, 2.75) is 13.0 Å². The molecule has 0 aliphatic carbocycles. The molecule has 0 bridgehead atoms. The number of carbonyl (C=O) groups excluding carboxylic acids is 1. The normalized spacial score (nSPS) is 16.5. The second-order valence-corrected chi connectivity index (χ2v) is 7.29. The van der Waals surface area contributed by atoms with Crippen LogP contribution in [-0.4, -0.2) is 31.4 Å². The first-order valence-corrected chi connectivity index (χ1v) is 9.80. The molecule has 9 heteroatoms. The molecule has 0 fully saturated rings. The van der Waals surface area contributed by atoms with Crippen LogP contribution in [0, 0.1) is 11.6 Å². The van der Waals surface area contributed by atoms with E-state index in [4.69, 9.17) is 33.3 Å². The summed E-state index contributed by atoms with van der Waals surface area (Å²) in [6.07, 6.45) is 0. The third kappa shape index (κ3) is 4.61. The van der Waals surface area contributed by atoms with E-state index in [9.17, 15) is 13.6 Å². The third-order valence-electron chi connectivity index (χ3n) is 4.59. The number of hydrogen-bond donors (Lipinski definition) is 1. The van der Waals surface area contributed by atoms with Gasteiger partial charge in [0.05, 0.1) is 23.2 Å². The van der Waals surface area contributed by atoms with Crippen LogP contribution in [0.4, 0.5) is 14.5 Å². The van der Waals surface area contributed by atoms with Crippen molar-refractivity contribution in [3.05, 3.63) is 76.0 Å². The van der Waals surface area contributed by atoms with Crippen molar-refractivity contribution < 1.29 is 23.0 Å². The SMILES string of the molecule is COCCOC(=O)C1=C(C)N(c2ccc(F)c(Cl)c2)C(=S)NC1c1ccc(F)cc1. The minimum absolute atomic E-state index is 0.0646. The smallest absolute Gasteiger partial charge is 0.338 e. The molecule has 1 atom stereocenters. The summed E-state index contributed by atoms with van der Waals surface area (Å²) >= 11 is 11.4. The average molecular weight is 453 g/mol. The number of nitrogens with zero attached hydrogens (tertiary/aromatic N) is 1. The van der Waals surface area contributed by atoms with Crippen molar-refractivity contribution in [1.82, 2.24) is 5.32 Å². The fourth-order valence-corrected chi connectivity index (χ4v) is 3.68. The molecule has 158 valence electrons. The first kappa shape index (κ1) is 22.1. The van der Waals surface area contributed by atoms with Gasteiger partial charge in [0.2, 0.25) is 0 Å². The minimum atomic E-state index is -0.652. The number of ether oxygens (including phenoxy) is 2. The molecule has 0 aromatic heterocycles. The topological polar surface area (TPSA) is 50.8 Å². The van der Waals surface area contributed by atoms with Crippen molar-refractivity contribution >= 4 is 40.6 Å². The lowest BCUT2D eigenvalue weighted by Crippen LogP contribution is -2.48. The van der Waals surface area contributed by atoms with Gasteiger partial charge in [-0.05, 0) is 55.0 Å². The Balaban J connectivity index is 2.07. The van der Waals surface area contributed by atoms with E-state index in [0.29, 0.717) is 16.9 Å². The first-order valence-electron chi connectivity index (χ1n) is 9.01. The Hall–Kier alpha value is -2.55. The summed E-state index contributed by atoms with van der Waals surface area (Å²) in [6, 6.07) is 9.22. The van der Waals surface area contributed by atoms with Crippen molar-refractivity contribution in [1.29, 1.82) is 0 Å². The summed E-state index contributed by atoms with van der Waals surface area (Å²) in [4.78, 5) is 14.5. The second-order valence-electron chi connectivity index (χ2n) is 6.50. The Morgan fingerprint density at radius 2 is 1.90 bits per heavy atom. The van der Waals surface area contributed by atoms with E-state index in [1.807, 2.05) is 0 Å². The molecule has 1 heterocycles. The van der Waals surface area contributed by atoms with Gasteiger partial charge < -0.3 is 14.8 Å². The standard InChI is InChI=1S/C21H19ClF2N2O3S/c1-12-18(20(27)29-10-9-28-2)19(13-3-5-14(23)6-4-13)25-21(30)26(12)15-7-8-17(24)16(22)11-15/h3-8,11,19H,9-10H2,1-2H3,(H,25,30). The maximum absolute atomic E-state index is 13.6. The Morgan fingerprint density at radius 3 is 2.53 bits per heavy atom. The molecule has 30 heavy (non-hydrogen) atoms. The number of anilines is 1. The predicted molar refractivity (Wildman–Crippen MR) is 114 cm³/mol. The Morgan fingerprint density at radius 1 is 1.20 bits per heavy atom. The van der Waals surface area contributed by atoms with Gasteiger partial charge in [-0.25, -0.2) is 13.6 Å². The summed E-state index contributed by atoms with van der Waals surface area (Å²) in [5, 5.41) is 3.29. The number of benzene rings is 2. The Kier molecular flexibility index (Phi) is 7.02. The van der Waals surface area contributed by atoms with Gasteiger partial charge in [-0.3, -0.25) is 4.90 Å². The van der Waals surface area contributed by atoms with Gasteiger partial charge >= 0.3 is 5.97 Å². The van der Waals surface area contributed by atoms with Gasteiger partial charge in [-0.1, -0.05) is 23.7 Å². The molecule has 0 saturated heterocycles. The zero-order chi connectivity index (χ0) is 21.8. The van der Waals surface area contributed by atoms with E-state index in [1.165, 1.54) is 37.4 Å². The maximum Gasteiger partial charge on any atom is 0.338 e. The van der Waals surface area contributed by atoms with Crippen LogP contribution in [0.5, 0.6) is 0 Å². The number of thiocarbonyl (C=S) groups is 1. The van der Waals surface area contributed by atoms with E-state index in [-0.39, 0.29) is 28.9 Å². The van der Waals surface area contributed by atoms with Crippen LogP contribution >= 0.6 is 23.8 Å². The zero-order valence-electron chi connectivity index (χ0n) is 16.2. The van der Waals surface area contributed by atoms with E-state index in [2.05, 4.69) is 5.32 Å². The van der Waals surface area contributed by atoms with Crippen LogP contribution in [0.25, 0.3) is 0 Å². The fourth-order valence-electron chi connectivity index (χ4n) is 3.14. The molecule has 2 aromatic rings. The Labute approximate surface area is 183 Å². The number of esters is 1. The third-order valence-corrected chi connectivity index (χ3v) is 5.18. The fraction of sp³-hybridized carbons (Fsp3) is 0.238. The highest BCUT2D eigenvalue weighted by molar-refractivity contribution is 7.80. The zero-order valence-corrected chi connectivity index (χ0v) is 17.8. The van der Waals surface area contributed by atoms with Gasteiger partial charge in [-0.15, -0.1) is 0 Å². The molecule has 1 unspecified atom stereocenters. The minimum Gasteiger partial charge on any atom is -0.460 e. The number of halogens is 3. The largest absolute Gasteiger partial charge is 0.460 e. The summed E-state index contributed by atoms with van der Waals surface area (Å²) in [5.41, 5.74) is 1.88. The molecular weight excluding hydrogens is 434 g/mol. The molecule has 1 aliphatic heterocycles.